The lowest BCUT2D eigenvalue weighted by Crippen LogP contribution is -2.31. The van der Waals surface area contributed by atoms with Crippen LogP contribution in [0, 0.1) is 0 Å². The first-order valence-corrected chi connectivity index (χ1v) is 8.52. The number of nitrogens with zero attached hydrogens (tertiary/aromatic N) is 1. The number of aliphatic hydroxyl groups is 1. The SMILES string of the molecule is CN(Cc1ccc(Br)cc1)C[C@@H](O)COCc1cccs1. The van der Waals surface area contributed by atoms with E-state index in [0.717, 1.165) is 11.0 Å². The van der Waals surface area contributed by atoms with Gasteiger partial charge in [-0.15, -0.1) is 11.3 Å². The molecule has 0 amide bonds. The van der Waals surface area contributed by atoms with Gasteiger partial charge in [-0.05, 0) is 36.2 Å². The average Bonchev–Trinajstić information content (AvgIpc) is 2.94. The van der Waals surface area contributed by atoms with Gasteiger partial charge in [0.05, 0.1) is 19.3 Å². The van der Waals surface area contributed by atoms with Gasteiger partial charge in [-0.3, -0.25) is 4.90 Å². The fourth-order valence-corrected chi connectivity index (χ4v) is 2.97. The molecular formula is C16H20BrNO2S. The summed E-state index contributed by atoms with van der Waals surface area (Å²) >= 11 is 5.10. The summed E-state index contributed by atoms with van der Waals surface area (Å²) in [7, 11) is 2.00. The van der Waals surface area contributed by atoms with Gasteiger partial charge in [0.15, 0.2) is 0 Å². The number of rotatable bonds is 8. The van der Waals surface area contributed by atoms with E-state index < -0.39 is 6.10 Å². The number of likely N-dealkylation sites (N-methyl/N-ethyl adjacent to an activating group) is 1. The quantitative estimate of drug-likeness (QED) is 0.772. The topological polar surface area (TPSA) is 32.7 Å². The number of aliphatic hydroxyl groups excluding tert-OH is 1. The maximum Gasteiger partial charge on any atom is 0.0900 e. The van der Waals surface area contributed by atoms with Gasteiger partial charge in [-0.1, -0.05) is 34.1 Å². The van der Waals surface area contributed by atoms with Crippen LogP contribution in [0.4, 0.5) is 0 Å². The largest absolute Gasteiger partial charge is 0.389 e. The minimum atomic E-state index is -0.467. The summed E-state index contributed by atoms with van der Waals surface area (Å²) in [5.74, 6) is 0. The van der Waals surface area contributed by atoms with Crippen molar-refractivity contribution in [2.45, 2.75) is 19.3 Å². The summed E-state index contributed by atoms with van der Waals surface area (Å²) in [6.45, 7) is 2.35. The van der Waals surface area contributed by atoms with Crippen molar-refractivity contribution in [1.29, 1.82) is 0 Å². The number of thiophene rings is 1. The minimum Gasteiger partial charge on any atom is -0.389 e. The zero-order valence-corrected chi connectivity index (χ0v) is 14.4. The molecule has 1 aromatic carbocycles. The van der Waals surface area contributed by atoms with Crippen LogP contribution in [0.3, 0.4) is 0 Å². The van der Waals surface area contributed by atoms with E-state index in [1.807, 2.05) is 36.7 Å². The van der Waals surface area contributed by atoms with Crippen LogP contribution < -0.4 is 0 Å². The van der Waals surface area contributed by atoms with Crippen molar-refractivity contribution >= 4 is 27.3 Å². The molecule has 0 spiro atoms. The van der Waals surface area contributed by atoms with E-state index in [-0.39, 0.29) is 0 Å². The molecule has 0 aliphatic rings. The van der Waals surface area contributed by atoms with Gasteiger partial charge in [0.1, 0.15) is 0 Å². The van der Waals surface area contributed by atoms with Crippen molar-refractivity contribution in [2.75, 3.05) is 20.2 Å². The second kappa shape index (κ2) is 8.66. The molecule has 1 N–H and O–H groups in total. The summed E-state index contributed by atoms with van der Waals surface area (Å²) in [6.07, 6.45) is -0.467. The van der Waals surface area contributed by atoms with Gasteiger partial charge < -0.3 is 9.84 Å². The van der Waals surface area contributed by atoms with Gasteiger partial charge in [-0.25, -0.2) is 0 Å². The van der Waals surface area contributed by atoms with Crippen molar-refractivity contribution in [3.8, 4) is 0 Å². The number of halogens is 1. The van der Waals surface area contributed by atoms with Gasteiger partial charge in [0.25, 0.3) is 0 Å². The fraction of sp³-hybridized carbons (Fsp3) is 0.375. The van der Waals surface area contributed by atoms with Crippen molar-refractivity contribution in [3.05, 3.63) is 56.7 Å². The molecule has 1 atom stereocenters. The van der Waals surface area contributed by atoms with Crippen LogP contribution in [0.25, 0.3) is 0 Å². The third-order valence-electron chi connectivity index (χ3n) is 3.02. The van der Waals surface area contributed by atoms with Crippen LogP contribution in [0.15, 0.2) is 46.3 Å². The molecule has 0 aliphatic carbocycles. The number of benzene rings is 1. The molecule has 3 nitrogen and oxygen atoms in total. The van der Waals surface area contributed by atoms with E-state index in [4.69, 9.17) is 4.74 Å². The van der Waals surface area contributed by atoms with E-state index in [0.29, 0.717) is 19.8 Å². The van der Waals surface area contributed by atoms with Gasteiger partial charge in [0.2, 0.25) is 0 Å². The molecular weight excluding hydrogens is 350 g/mol. The molecule has 0 saturated heterocycles. The summed E-state index contributed by atoms with van der Waals surface area (Å²) < 4.78 is 6.61. The molecule has 0 radical (unpaired) electrons. The number of hydrogen-bond donors (Lipinski definition) is 1. The molecule has 0 fully saturated rings. The summed E-state index contributed by atoms with van der Waals surface area (Å²) in [5, 5.41) is 12.0. The van der Waals surface area contributed by atoms with Crippen LogP contribution in [0.5, 0.6) is 0 Å². The average molecular weight is 370 g/mol. The van der Waals surface area contributed by atoms with E-state index in [1.165, 1.54) is 10.4 Å². The lowest BCUT2D eigenvalue weighted by molar-refractivity contribution is 0.0135. The standard InChI is InChI=1S/C16H20BrNO2S/c1-18(9-13-4-6-14(17)7-5-13)10-15(19)11-20-12-16-3-2-8-21-16/h2-8,15,19H,9-12H2,1H3/t15-/m1/s1. The molecule has 0 bridgehead atoms. The lowest BCUT2D eigenvalue weighted by atomic mass is 10.2. The normalized spacial score (nSPS) is 12.8. The highest BCUT2D eigenvalue weighted by molar-refractivity contribution is 9.10. The molecule has 1 aromatic heterocycles. The fourth-order valence-electron chi connectivity index (χ4n) is 2.07. The third-order valence-corrected chi connectivity index (χ3v) is 4.40. The Morgan fingerprint density at radius 1 is 1.29 bits per heavy atom. The lowest BCUT2D eigenvalue weighted by Gasteiger charge is -2.20. The Hall–Kier alpha value is -0.720. The highest BCUT2D eigenvalue weighted by Gasteiger charge is 2.09. The van der Waals surface area contributed by atoms with E-state index in [9.17, 15) is 5.11 Å². The molecule has 2 rings (SSSR count). The van der Waals surface area contributed by atoms with Gasteiger partial charge in [-0.2, -0.15) is 0 Å². The number of ether oxygens (including phenoxy) is 1. The van der Waals surface area contributed by atoms with Crippen molar-refractivity contribution < 1.29 is 9.84 Å². The molecule has 5 heteroatoms. The van der Waals surface area contributed by atoms with Gasteiger partial charge >= 0.3 is 0 Å². The Morgan fingerprint density at radius 3 is 2.71 bits per heavy atom. The summed E-state index contributed by atoms with van der Waals surface area (Å²) in [6, 6.07) is 12.3. The van der Waals surface area contributed by atoms with Crippen LogP contribution in [-0.4, -0.2) is 36.3 Å². The highest BCUT2D eigenvalue weighted by Crippen LogP contribution is 2.12. The summed E-state index contributed by atoms with van der Waals surface area (Å²) in [5.41, 5.74) is 1.23. The van der Waals surface area contributed by atoms with E-state index >= 15 is 0 Å². The molecule has 0 unspecified atom stereocenters. The molecule has 0 saturated carbocycles. The zero-order valence-electron chi connectivity index (χ0n) is 12.0. The highest BCUT2D eigenvalue weighted by atomic mass is 79.9. The Morgan fingerprint density at radius 2 is 2.05 bits per heavy atom. The minimum absolute atomic E-state index is 0.364. The maximum absolute atomic E-state index is 10.00. The number of hydrogen-bond acceptors (Lipinski definition) is 4. The first kappa shape index (κ1) is 16.6. The molecule has 0 aliphatic heterocycles. The van der Waals surface area contributed by atoms with Crippen molar-refractivity contribution in [1.82, 2.24) is 4.90 Å². The maximum atomic E-state index is 10.00. The van der Waals surface area contributed by atoms with Gasteiger partial charge in [0, 0.05) is 22.4 Å². The predicted octanol–water partition coefficient (Wildman–Crippen LogP) is 3.52. The Kier molecular flexibility index (Phi) is 6.86. The Balaban J connectivity index is 1.66. The van der Waals surface area contributed by atoms with Crippen LogP contribution in [0.1, 0.15) is 10.4 Å². The van der Waals surface area contributed by atoms with Crippen molar-refractivity contribution in [2.24, 2.45) is 0 Å². The van der Waals surface area contributed by atoms with Crippen LogP contribution >= 0.6 is 27.3 Å². The zero-order chi connectivity index (χ0) is 15.1. The predicted molar refractivity (Wildman–Crippen MR) is 90.5 cm³/mol. The first-order valence-electron chi connectivity index (χ1n) is 6.84. The molecule has 114 valence electrons. The Labute approximate surface area is 138 Å². The van der Waals surface area contributed by atoms with E-state index in [1.54, 1.807) is 11.3 Å². The molecule has 2 aromatic rings. The third kappa shape index (κ3) is 6.28. The Bertz CT molecular complexity index is 516. The smallest absolute Gasteiger partial charge is 0.0900 e. The molecule has 1 heterocycles. The van der Waals surface area contributed by atoms with Crippen molar-refractivity contribution in [3.63, 3.8) is 0 Å². The van der Waals surface area contributed by atoms with Crippen LogP contribution in [0.2, 0.25) is 0 Å². The monoisotopic (exact) mass is 369 g/mol. The molecule has 21 heavy (non-hydrogen) atoms. The van der Waals surface area contributed by atoms with Crippen LogP contribution in [-0.2, 0) is 17.9 Å². The summed E-state index contributed by atoms with van der Waals surface area (Å²) in [4.78, 5) is 3.29. The first-order chi connectivity index (χ1) is 10.1. The second-order valence-electron chi connectivity index (χ2n) is 5.07. The second-order valence-corrected chi connectivity index (χ2v) is 7.02. The van der Waals surface area contributed by atoms with E-state index in [2.05, 4.69) is 33.0 Å².